The van der Waals surface area contributed by atoms with Crippen molar-refractivity contribution in [3.63, 3.8) is 0 Å². The van der Waals surface area contributed by atoms with E-state index in [9.17, 15) is 14.4 Å². The van der Waals surface area contributed by atoms with E-state index in [0.717, 1.165) is 0 Å². The van der Waals surface area contributed by atoms with Crippen molar-refractivity contribution < 1.29 is 24.2 Å². The first-order chi connectivity index (χ1) is 13.4. The Morgan fingerprint density at radius 1 is 1.07 bits per heavy atom. The summed E-state index contributed by atoms with van der Waals surface area (Å²) in [7, 11) is 0. The Hall–Kier alpha value is -3.67. The van der Waals surface area contributed by atoms with Gasteiger partial charge in [-0.3, -0.25) is 9.69 Å². The molecule has 0 radical (unpaired) electrons. The summed E-state index contributed by atoms with van der Waals surface area (Å²) in [5, 5.41) is 9.03. The quantitative estimate of drug-likeness (QED) is 0.635. The van der Waals surface area contributed by atoms with Crippen molar-refractivity contribution in [2.75, 3.05) is 11.5 Å². The number of aromatic carboxylic acids is 1. The first-order valence-corrected chi connectivity index (χ1v) is 8.77. The van der Waals surface area contributed by atoms with E-state index in [4.69, 9.17) is 9.84 Å². The summed E-state index contributed by atoms with van der Waals surface area (Å²) in [6, 6.07) is 15.1. The lowest BCUT2D eigenvalue weighted by atomic mass is 10.0. The molecule has 0 unspecified atom stereocenters. The van der Waals surface area contributed by atoms with Crippen LogP contribution in [0.15, 0.2) is 71.4 Å². The zero-order valence-electron chi connectivity index (χ0n) is 15.5. The van der Waals surface area contributed by atoms with E-state index >= 15 is 0 Å². The number of nitrogens with zero attached hydrogens (tertiary/aromatic N) is 1. The molecule has 1 amide bonds. The Kier molecular flexibility index (Phi) is 5.40. The predicted octanol–water partition coefficient (Wildman–Crippen LogP) is 3.65. The maximum atomic E-state index is 13.1. The Morgan fingerprint density at radius 2 is 1.71 bits per heavy atom. The number of carbonyl (C=O) groups excluding carboxylic acids is 2. The molecule has 0 aliphatic carbocycles. The molecule has 0 spiro atoms. The zero-order chi connectivity index (χ0) is 20.3. The third kappa shape index (κ3) is 3.57. The lowest BCUT2D eigenvalue weighted by Crippen LogP contribution is -2.24. The lowest BCUT2D eigenvalue weighted by Gasteiger charge is -2.17. The van der Waals surface area contributed by atoms with E-state index in [1.807, 2.05) is 18.2 Å². The maximum Gasteiger partial charge on any atom is 0.340 e. The van der Waals surface area contributed by atoms with Crippen molar-refractivity contribution in [1.82, 2.24) is 0 Å². The third-order valence-corrected chi connectivity index (χ3v) is 4.36. The summed E-state index contributed by atoms with van der Waals surface area (Å²) in [6.45, 7) is 3.59. The van der Waals surface area contributed by atoms with Crippen molar-refractivity contribution in [1.29, 1.82) is 0 Å². The standard InChI is InChI=1S/C22H19NO5/c1-3-28-22(27)19-14(2)23(17-7-5-4-6-8-17)20(24)18(19)13-15-9-11-16(12-10-15)21(25)26/h4-13H,3H2,1-2H3,(H,25,26)/b18-13+. The molecule has 28 heavy (non-hydrogen) atoms. The van der Waals surface area contributed by atoms with Crippen LogP contribution in [-0.4, -0.2) is 29.6 Å². The summed E-state index contributed by atoms with van der Waals surface area (Å²) in [6.07, 6.45) is 1.58. The molecule has 1 heterocycles. The molecular formula is C22H19NO5. The molecule has 1 aliphatic rings. The third-order valence-electron chi connectivity index (χ3n) is 4.36. The van der Waals surface area contributed by atoms with Crippen LogP contribution >= 0.6 is 0 Å². The molecular weight excluding hydrogens is 358 g/mol. The topological polar surface area (TPSA) is 83.9 Å². The van der Waals surface area contributed by atoms with Crippen molar-refractivity contribution in [3.05, 3.63) is 82.6 Å². The molecule has 0 aromatic heterocycles. The van der Waals surface area contributed by atoms with Gasteiger partial charge >= 0.3 is 11.9 Å². The molecule has 142 valence electrons. The van der Waals surface area contributed by atoms with Gasteiger partial charge in [0, 0.05) is 11.4 Å². The highest BCUT2D eigenvalue weighted by Crippen LogP contribution is 2.35. The van der Waals surface area contributed by atoms with Crippen LogP contribution in [0.1, 0.15) is 29.8 Å². The monoisotopic (exact) mass is 377 g/mol. The van der Waals surface area contributed by atoms with E-state index in [1.165, 1.54) is 17.0 Å². The summed E-state index contributed by atoms with van der Waals surface area (Å²) in [4.78, 5) is 38.2. The number of rotatable bonds is 5. The summed E-state index contributed by atoms with van der Waals surface area (Å²) in [5.74, 6) is -1.94. The number of hydrogen-bond acceptors (Lipinski definition) is 4. The fourth-order valence-corrected chi connectivity index (χ4v) is 3.06. The highest BCUT2D eigenvalue weighted by atomic mass is 16.5. The number of allylic oxidation sites excluding steroid dienone is 1. The largest absolute Gasteiger partial charge is 0.478 e. The number of anilines is 1. The number of carbonyl (C=O) groups is 3. The molecule has 0 saturated carbocycles. The SMILES string of the molecule is CCOC(=O)C1=C(C)N(c2ccccc2)C(=O)/C1=C/c1ccc(C(=O)O)cc1. The minimum Gasteiger partial charge on any atom is -0.478 e. The van der Waals surface area contributed by atoms with Gasteiger partial charge < -0.3 is 9.84 Å². The van der Waals surface area contributed by atoms with Gasteiger partial charge in [-0.25, -0.2) is 9.59 Å². The van der Waals surface area contributed by atoms with Crippen LogP contribution in [0.3, 0.4) is 0 Å². The highest BCUT2D eigenvalue weighted by molar-refractivity contribution is 6.23. The Labute approximate surface area is 162 Å². The first kappa shape index (κ1) is 19.1. The van der Waals surface area contributed by atoms with Gasteiger partial charge in [0.25, 0.3) is 5.91 Å². The van der Waals surface area contributed by atoms with Crippen LogP contribution in [0, 0.1) is 0 Å². The van der Waals surface area contributed by atoms with Gasteiger partial charge in [-0.2, -0.15) is 0 Å². The number of amides is 1. The highest BCUT2D eigenvalue weighted by Gasteiger charge is 2.37. The number of ether oxygens (including phenoxy) is 1. The molecule has 1 N–H and O–H groups in total. The van der Waals surface area contributed by atoms with Gasteiger partial charge in [0.05, 0.1) is 23.3 Å². The summed E-state index contributed by atoms with van der Waals surface area (Å²) in [5.41, 5.74) is 2.31. The fraction of sp³-hybridized carbons (Fsp3) is 0.136. The van der Waals surface area contributed by atoms with Crippen LogP contribution < -0.4 is 4.90 Å². The second-order valence-electron chi connectivity index (χ2n) is 6.14. The molecule has 6 heteroatoms. The average Bonchev–Trinajstić information content (AvgIpc) is 2.93. The van der Waals surface area contributed by atoms with Crippen molar-refractivity contribution in [3.8, 4) is 0 Å². The second-order valence-corrected chi connectivity index (χ2v) is 6.14. The van der Waals surface area contributed by atoms with E-state index in [0.29, 0.717) is 16.9 Å². The van der Waals surface area contributed by atoms with Crippen LogP contribution in [-0.2, 0) is 14.3 Å². The van der Waals surface area contributed by atoms with Gasteiger partial charge in [-0.1, -0.05) is 30.3 Å². The van der Waals surface area contributed by atoms with Crippen LogP contribution in [0.5, 0.6) is 0 Å². The fourth-order valence-electron chi connectivity index (χ4n) is 3.06. The Morgan fingerprint density at radius 3 is 2.29 bits per heavy atom. The molecule has 0 atom stereocenters. The zero-order valence-corrected chi connectivity index (χ0v) is 15.5. The molecule has 6 nitrogen and oxygen atoms in total. The van der Waals surface area contributed by atoms with Crippen molar-refractivity contribution in [2.45, 2.75) is 13.8 Å². The van der Waals surface area contributed by atoms with Crippen LogP contribution in [0.25, 0.3) is 6.08 Å². The number of esters is 1. The van der Waals surface area contributed by atoms with E-state index in [2.05, 4.69) is 0 Å². The molecule has 2 aromatic rings. The molecule has 0 fully saturated rings. The molecule has 0 bridgehead atoms. The first-order valence-electron chi connectivity index (χ1n) is 8.77. The van der Waals surface area contributed by atoms with Crippen LogP contribution in [0.4, 0.5) is 5.69 Å². The minimum absolute atomic E-state index is 0.142. The Balaban J connectivity index is 2.08. The summed E-state index contributed by atoms with van der Waals surface area (Å²) >= 11 is 0. The van der Waals surface area contributed by atoms with Gasteiger partial charge in [0.15, 0.2) is 0 Å². The second kappa shape index (κ2) is 7.92. The Bertz CT molecular complexity index is 987. The number of carboxylic acid groups (broad SMARTS) is 1. The molecule has 0 saturated heterocycles. The molecule has 1 aliphatic heterocycles. The number of carboxylic acids is 1. The average molecular weight is 377 g/mol. The molecule has 2 aromatic carbocycles. The lowest BCUT2D eigenvalue weighted by molar-refractivity contribution is -0.138. The normalized spacial score (nSPS) is 15.3. The number of benzene rings is 2. The van der Waals surface area contributed by atoms with Crippen molar-refractivity contribution >= 4 is 29.6 Å². The van der Waals surface area contributed by atoms with Gasteiger partial charge in [0.2, 0.25) is 0 Å². The van der Waals surface area contributed by atoms with E-state index in [1.54, 1.807) is 44.2 Å². The van der Waals surface area contributed by atoms with Crippen LogP contribution in [0.2, 0.25) is 0 Å². The van der Waals surface area contributed by atoms with E-state index in [-0.39, 0.29) is 29.2 Å². The van der Waals surface area contributed by atoms with Gasteiger partial charge in [-0.15, -0.1) is 0 Å². The number of hydrogen-bond donors (Lipinski definition) is 1. The maximum absolute atomic E-state index is 13.1. The van der Waals surface area contributed by atoms with E-state index < -0.39 is 11.9 Å². The van der Waals surface area contributed by atoms with Gasteiger partial charge in [0.1, 0.15) is 0 Å². The predicted molar refractivity (Wildman–Crippen MR) is 105 cm³/mol. The summed E-state index contributed by atoms with van der Waals surface area (Å²) < 4.78 is 5.15. The molecule has 3 rings (SSSR count). The smallest absolute Gasteiger partial charge is 0.340 e. The van der Waals surface area contributed by atoms with Crippen molar-refractivity contribution in [2.24, 2.45) is 0 Å². The minimum atomic E-state index is -1.03. The van der Waals surface area contributed by atoms with Gasteiger partial charge in [-0.05, 0) is 49.8 Å². The number of para-hydroxylation sites is 1.